The molecular weight excluding hydrogens is 252 g/mol. The predicted molar refractivity (Wildman–Crippen MR) is 81.7 cm³/mol. The van der Waals surface area contributed by atoms with Crippen LogP contribution < -0.4 is 9.47 Å². The molecule has 0 aromatic heterocycles. The summed E-state index contributed by atoms with van der Waals surface area (Å²) in [5.41, 5.74) is 0. The summed E-state index contributed by atoms with van der Waals surface area (Å²) in [6.45, 7) is 9.11. The quantitative estimate of drug-likeness (QED) is 0.762. The van der Waals surface area contributed by atoms with Crippen LogP contribution in [0.4, 0.5) is 0 Å². The monoisotopic (exact) mass is 278 g/mol. The van der Waals surface area contributed by atoms with Gasteiger partial charge in [-0.3, -0.25) is 4.90 Å². The largest absolute Gasteiger partial charge is 0.490 e. The third-order valence-electron chi connectivity index (χ3n) is 3.57. The van der Waals surface area contributed by atoms with Crippen LogP contribution in [0.2, 0.25) is 0 Å². The molecule has 0 unspecified atom stereocenters. The van der Waals surface area contributed by atoms with Crippen LogP contribution in [0.25, 0.3) is 0 Å². The van der Waals surface area contributed by atoms with Gasteiger partial charge in [0.25, 0.3) is 0 Å². The van der Waals surface area contributed by atoms with Crippen molar-refractivity contribution in [2.45, 2.75) is 13.3 Å². The second-order valence-electron chi connectivity index (χ2n) is 5.29. The zero-order chi connectivity index (χ0) is 14.2. The fraction of sp³-hybridized carbons (Fsp3) is 0.625. The lowest BCUT2D eigenvalue weighted by Gasteiger charge is -2.32. The Morgan fingerprint density at radius 1 is 0.950 bits per heavy atom. The molecule has 0 saturated carbocycles. The van der Waals surface area contributed by atoms with Crippen molar-refractivity contribution < 1.29 is 9.47 Å². The molecule has 0 radical (unpaired) electrons. The van der Waals surface area contributed by atoms with Gasteiger partial charge in [0.15, 0.2) is 11.5 Å². The molecule has 4 nitrogen and oxygen atoms in total. The van der Waals surface area contributed by atoms with Crippen molar-refractivity contribution in [1.29, 1.82) is 0 Å². The molecule has 0 N–H and O–H groups in total. The van der Waals surface area contributed by atoms with Gasteiger partial charge in [-0.2, -0.15) is 0 Å². The number of benzene rings is 1. The minimum Gasteiger partial charge on any atom is -0.490 e. The zero-order valence-electron chi connectivity index (χ0n) is 12.7. The molecule has 0 atom stereocenters. The number of hydrogen-bond acceptors (Lipinski definition) is 4. The maximum absolute atomic E-state index is 5.88. The van der Waals surface area contributed by atoms with E-state index >= 15 is 0 Å². The van der Waals surface area contributed by atoms with E-state index in [9.17, 15) is 0 Å². The first-order chi connectivity index (χ1) is 9.79. The van der Waals surface area contributed by atoms with Gasteiger partial charge in [-0.1, -0.05) is 19.1 Å². The lowest BCUT2D eigenvalue weighted by Crippen LogP contribution is -2.45. The molecule has 1 aliphatic rings. The second-order valence-corrected chi connectivity index (χ2v) is 5.29. The first-order valence-corrected chi connectivity index (χ1v) is 7.55. The van der Waals surface area contributed by atoms with Crippen LogP contribution in [-0.2, 0) is 0 Å². The highest BCUT2D eigenvalue weighted by Gasteiger charge is 2.13. The zero-order valence-corrected chi connectivity index (χ0v) is 12.7. The summed E-state index contributed by atoms with van der Waals surface area (Å²) in [6, 6.07) is 7.93. The average molecular weight is 278 g/mol. The highest BCUT2D eigenvalue weighted by molar-refractivity contribution is 5.39. The van der Waals surface area contributed by atoms with E-state index in [1.165, 1.54) is 0 Å². The van der Waals surface area contributed by atoms with Gasteiger partial charge >= 0.3 is 0 Å². The molecular formula is C16H26N2O2. The number of para-hydroxylation sites is 2. The fourth-order valence-corrected chi connectivity index (χ4v) is 2.26. The molecule has 20 heavy (non-hydrogen) atoms. The van der Waals surface area contributed by atoms with Gasteiger partial charge in [0.2, 0.25) is 0 Å². The molecule has 0 bridgehead atoms. The number of nitrogens with zero attached hydrogens (tertiary/aromatic N) is 2. The summed E-state index contributed by atoms with van der Waals surface area (Å²) < 4.78 is 11.6. The fourth-order valence-electron chi connectivity index (χ4n) is 2.26. The van der Waals surface area contributed by atoms with Crippen LogP contribution in [-0.4, -0.2) is 62.8 Å². The second kappa shape index (κ2) is 8.12. The summed E-state index contributed by atoms with van der Waals surface area (Å²) in [5.74, 6) is 1.71. The molecule has 112 valence electrons. The Morgan fingerprint density at radius 3 is 2.15 bits per heavy atom. The van der Waals surface area contributed by atoms with E-state index in [-0.39, 0.29) is 0 Å². The smallest absolute Gasteiger partial charge is 0.161 e. The normalized spacial score (nSPS) is 17.1. The third-order valence-corrected chi connectivity index (χ3v) is 3.57. The number of piperazine rings is 1. The van der Waals surface area contributed by atoms with E-state index in [4.69, 9.17) is 9.47 Å². The van der Waals surface area contributed by atoms with E-state index in [2.05, 4.69) is 23.8 Å². The first-order valence-electron chi connectivity index (χ1n) is 7.55. The van der Waals surface area contributed by atoms with Gasteiger partial charge in [0.05, 0.1) is 6.61 Å². The van der Waals surface area contributed by atoms with Gasteiger partial charge in [-0.05, 0) is 25.6 Å². The lowest BCUT2D eigenvalue weighted by atomic mass is 10.3. The molecule has 1 aromatic carbocycles. The van der Waals surface area contributed by atoms with Gasteiger partial charge in [-0.25, -0.2) is 0 Å². The molecule has 1 aromatic rings. The first kappa shape index (κ1) is 15.1. The predicted octanol–water partition coefficient (Wildman–Crippen LogP) is 2.10. The van der Waals surface area contributed by atoms with Crippen molar-refractivity contribution in [3.63, 3.8) is 0 Å². The molecule has 1 heterocycles. The van der Waals surface area contributed by atoms with Crippen molar-refractivity contribution in [3.05, 3.63) is 24.3 Å². The van der Waals surface area contributed by atoms with E-state index in [1.807, 2.05) is 24.3 Å². The molecule has 0 aliphatic carbocycles. The standard InChI is InChI=1S/C16H26N2O2/c1-3-13-19-15-6-4-5-7-16(15)20-14-12-18-10-8-17(2)9-11-18/h4-7H,3,8-14H2,1-2H3. The Balaban J connectivity index is 1.76. The number of hydrogen-bond donors (Lipinski definition) is 0. The minimum atomic E-state index is 0.718. The molecule has 1 saturated heterocycles. The minimum absolute atomic E-state index is 0.718. The highest BCUT2D eigenvalue weighted by atomic mass is 16.5. The Labute approximate surface area is 122 Å². The van der Waals surface area contributed by atoms with Crippen LogP contribution in [0.3, 0.4) is 0 Å². The third kappa shape index (κ3) is 4.69. The van der Waals surface area contributed by atoms with Gasteiger partial charge in [0.1, 0.15) is 6.61 Å². The van der Waals surface area contributed by atoms with Crippen LogP contribution in [0, 0.1) is 0 Å². The molecule has 0 amide bonds. The van der Waals surface area contributed by atoms with Crippen LogP contribution in [0.1, 0.15) is 13.3 Å². The van der Waals surface area contributed by atoms with E-state index in [0.717, 1.165) is 63.9 Å². The number of likely N-dealkylation sites (N-methyl/N-ethyl adjacent to an activating group) is 1. The highest BCUT2D eigenvalue weighted by Crippen LogP contribution is 2.26. The van der Waals surface area contributed by atoms with Crippen molar-refractivity contribution in [3.8, 4) is 11.5 Å². The molecule has 1 aliphatic heterocycles. The van der Waals surface area contributed by atoms with Crippen molar-refractivity contribution in [2.75, 3.05) is 53.0 Å². The van der Waals surface area contributed by atoms with Crippen LogP contribution in [0.5, 0.6) is 11.5 Å². The maximum atomic E-state index is 5.88. The van der Waals surface area contributed by atoms with Crippen molar-refractivity contribution >= 4 is 0 Å². The van der Waals surface area contributed by atoms with Crippen molar-refractivity contribution in [2.24, 2.45) is 0 Å². The molecule has 1 fully saturated rings. The topological polar surface area (TPSA) is 24.9 Å². The van der Waals surface area contributed by atoms with Crippen molar-refractivity contribution in [1.82, 2.24) is 9.80 Å². The summed E-state index contributed by atoms with van der Waals surface area (Å²) in [7, 11) is 2.18. The summed E-state index contributed by atoms with van der Waals surface area (Å²) >= 11 is 0. The lowest BCUT2D eigenvalue weighted by molar-refractivity contribution is 0.132. The summed E-state index contributed by atoms with van der Waals surface area (Å²) in [5, 5.41) is 0. The van der Waals surface area contributed by atoms with E-state index in [0.29, 0.717) is 0 Å². The SMILES string of the molecule is CCCOc1ccccc1OCCN1CCN(C)CC1. The Morgan fingerprint density at radius 2 is 1.55 bits per heavy atom. The van der Waals surface area contributed by atoms with Gasteiger partial charge in [0, 0.05) is 32.7 Å². The van der Waals surface area contributed by atoms with Gasteiger partial charge < -0.3 is 14.4 Å². The van der Waals surface area contributed by atoms with E-state index in [1.54, 1.807) is 0 Å². The average Bonchev–Trinajstić information content (AvgIpc) is 2.48. The Hall–Kier alpha value is -1.26. The van der Waals surface area contributed by atoms with E-state index < -0.39 is 0 Å². The number of ether oxygens (including phenoxy) is 2. The number of rotatable bonds is 7. The van der Waals surface area contributed by atoms with Gasteiger partial charge in [-0.15, -0.1) is 0 Å². The maximum Gasteiger partial charge on any atom is 0.161 e. The van der Waals surface area contributed by atoms with Crippen LogP contribution >= 0.6 is 0 Å². The molecule has 0 spiro atoms. The molecule has 2 rings (SSSR count). The Bertz CT molecular complexity index is 390. The summed E-state index contributed by atoms with van der Waals surface area (Å²) in [4.78, 5) is 4.82. The molecule has 4 heteroatoms. The van der Waals surface area contributed by atoms with Crippen LogP contribution in [0.15, 0.2) is 24.3 Å². The Kier molecular flexibility index (Phi) is 6.15. The summed E-state index contributed by atoms with van der Waals surface area (Å²) in [6.07, 6.45) is 1.01.